The van der Waals surface area contributed by atoms with Gasteiger partial charge in [-0.1, -0.05) is 30.3 Å². The molecule has 0 unspecified atom stereocenters. The zero-order valence-corrected chi connectivity index (χ0v) is 10.0. The molecule has 0 spiro atoms. The van der Waals surface area contributed by atoms with E-state index in [4.69, 9.17) is 11.5 Å². The lowest BCUT2D eigenvalue weighted by molar-refractivity contribution is 0.768. The molecule has 1 heterocycles. The summed E-state index contributed by atoms with van der Waals surface area (Å²) >= 11 is 0. The quantitative estimate of drug-likeness (QED) is 0.750. The molecule has 2 rings (SSSR count). The monoisotopic (exact) mass is 244 g/mol. The summed E-state index contributed by atoms with van der Waals surface area (Å²) in [6, 6.07) is 10.2. The molecule has 0 radical (unpaired) electrons. The van der Waals surface area contributed by atoms with Crippen LogP contribution in [-0.2, 0) is 12.8 Å². The summed E-state index contributed by atoms with van der Waals surface area (Å²) < 4.78 is 0. The van der Waals surface area contributed by atoms with Crippen molar-refractivity contribution in [1.82, 2.24) is 9.97 Å². The highest BCUT2D eigenvalue weighted by Crippen LogP contribution is 2.07. The Morgan fingerprint density at radius 1 is 1.11 bits per heavy atom. The Kier molecular flexibility index (Phi) is 3.62. The smallest absolute Gasteiger partial charge is 0.276 e. The molecule has 5 nitrogen and oxygen atoms in total. The van der Waals surface area contributed by atoms with Crippen LogP contribution in [-0.4, -0.2) is 9.97 Å². The van der Waals surface area contributed by atoms with E-state index < -0.39 is 0 Å². The van der Waals surface area contributed by atoms with E-state index in [9.17, 15) is 4.79 Å². The van der Waals surface area contributed by atoms with Crippen LogP contribution in [0.5, 0.6) is 0 Å². The van der Waals surface area contributed by atoms with Crippen molar-refractivity contribution in [3.8, 4) is 0 Å². The topological polar surface area (TPSA) is 97.8 Å². The Morgan fingerprint density at radius 2 is 1.83 bits per heavy atom. The summed E-state index contributed by atoms with van der Waals surface area (Å²) in [4.78, 5) is 18.1. The van der Waals surface area contributed by atoms with E-state index in [1.807, 2.05) is 18.2 Å². The summed E-state index contributed by atoms with van der Waals surface area (Å²) in [5.74, 6) is 0.691. The molecule has 0 aliphatic carbocycles. The van der Waals surface area contributed by atoms with Crippen LogP contribution in [0, 0.1) is 0 Å². The number of anilines is 2. The highest BCUT2D eigenvalue weighted by Gasteiger charge is 2.04. The number of H-pyrrole nitrogens is 1. The molecule has 5 heteroatoms. The van der Waals surface area contributed by atoms with Gasteiger partial charge in [0.1, 0.15) is 11.5 Å². The van der Waals surface area contributed by atoms with Gasteiger partial charge in [0.2, 0.25) is 0 Å². The lowest BCUT2D eigenvalue weighted by Gasteiger charge is -2.04. The molecule has 0 atom stereocenters. The van der Waals surface area contributed by atoms with Gasteiger partial charge in [-0.15, -0.1) is 0 Å². The number of aryl methyl sites for hydroxylation is 2. The molecule has 94 valence electrons. The van der Waals surface area contributed by atoms with E-state index in [2.05, 4.69) is 22.1 Å². The number of nitrogens with one attached hydrogen (secondary N) is 1. The highest BCUT2D eigenvalue weighted by atomic mass is 16.1. The number of benzene rings is 1. The predicted molar refractivity (Wildman–Crippen MR) is 72.1 cm³/mol. The van der Waals surface area contributed by atoms with E-state index >= 15 is 0 Å². The fourth-order valence-electron chi connectivity index (χ4n) is 1.77. The second kappa shape index (κ2) is 5.35. The van der Waals surface area contributed by atoms with Gasteiger partial charge >= 0.3 is 0 Å². The molecule has 2 aromatic rings. The van der Waals surface area contributed by atoms with Crippen LogP contribution >= 0.6 is 0 Å². The van der Waals surface area contributed by atoms with Crippen LogP contribution in [0.3, 0.4) is 0 Å². The number of aromatic amines is 1. The Balaban J connectivity index is 1.97. The Bertz CT molecular complexity index is 577. The van der Waals surface area contributed by atoms with Crippen molar-refractivity contribution in [2.75, 3.05) is 11.5 Å². The summed E-state index contributed by atoms with van der Waals surface area (Å²) in [5, 5.41) is 0. The second-order valence-corrected chi connectivity index (χ2v) is 4.15. The molecule has 0 amide bonds. The third-order valence-electron chi connectivity index (χ3n) is 2.76. The van der Waals surface area contributed by atoms with Crippen LogP contribution in [0.1, 0.15) is 17.8 Å². The van der Waals surface area contributed by atoms with Crippen molar-refractivity contribution < 1.29 is 0 Å². The third-order valence-corrected chi connectivity index (χ3v) is 2.76. The van der Waals surface area contributed by atoms with Crippen LogP contribution in [0.15, 0.2) is 35.1 Å². The van der Waals surface area contributed by atoms with Gasteiger partial charge in [-0.3, -0.25) is 4.79 Å². The molecule has 0 aliphatic heterocycles. The van der Waals surface area contributed by atoms with E-state index in [1.165, 1.54) is 5.56 Å². The van der Waals surface area contributed by atoms with Crippen molar-refractivity contribution >= 4 is 11.5 Å². The van der Waals surface area contributed by atoms with Gasteiger partial charge in [0, 0.05) is 6.42 Å². The minimum Gasteiger partial charge on any atom is -0.391 e. The highest BCUT2D eigenvalue weighted by molar-refractivity contribution is 5.55. The minimum absolute atomic E-state index is 0.0122. The third kappa shape index (κ3) is 2.88. The molecule has 0 saturated heterocycles. The largest absolute Gasteiger partial charge is 0.391 e. The molecular weight excluding hydrogens is 228 g/mol. The molecule has 5 N–H and O–H groups in total. The van der Waals surface area contributed by atoms with Crippen molar-refractivity contribution in [2.45, 2.75) is 19.3 Å². The maximum atomic E-state index is 11.4. The van der Waals surface area contributed by atoms with Crippen LogP contribution in [0.4, 0.5) is 11.5 Å². The van der Waals surface area contributed by atoms with Gasteiger partial charge in [-0.05, 0) is 18.4 Å². The molecule has 18 heavy (non-hydrogen) atoms. The van der Waals surface area contributed by atoms with Gasteiger partial charge in [0.15, 0.2) is 5.82 Å². The standard InChI is InChI=1S/C13H16N4O/c14-11-12(15)16-10(17-13(11)18)8-4-7-9-5-2-1-3-6-9/h1-3,5-6H,4,7-8,14H2,(H3,15,16,17,18). The lowest BCUT2D eigenvalue weighted by Crippen LogP contribution is -2.18. The molecule has 1 aromatic heterocycles. The number of nitrogens with two attached hydrogens (primary N) is 2. The molecule has 1 aromatic carbocycles. The number of hydrogen-bond acceptors (Lipinski definition) is 4. The fourth-order valence-corrected chi connectivity index (χ4v) is 1.77. The normalized spacial score (nSPS) is 10.4. The van der Waals surface area contributed by atoms with Gasteiger partial charge in [0.05, 0.1) is 0 Å². The first-order valence-corrected chi connectivity index (χ1v) is 5.85. The first-order chi connectivity index (χ1) is 8.66. The number of aromatic nitrogens is 2. The van der Waals surface area contributed by atoms with Gasteiger partial charge in [0.25, 0.3) is 5.56 Å². The number of rotatable bonds is 4. The van der Waals surface area contributed by atoms with E-state index in [0.29, 0.717) is 12.2 Å². The van der Waals surface area contributed by atoms with E-state index in [1.54, 1.807) is 0 Å². The second-order valence-electron chi connectivity index (χ2n) is 4.15. The van der Waals surface area contributed by atoms with Crippen LogP contribution < -0.4 is 17.0 Å². The number of nitrogens with zero attached hydrogens (tertiary/aromatic N) is 1. The van der Waals surface area contributed by atoms with E-state index in [0.717, 1.165) is 12.8 Å². The van der Waals surface area contributed by atoms with Gasteiger partial charge in [-0.25, -0.2) is 4.98 Å². The summed E-state index contributed by atoms with van der Waals surface area (Å²) in [6.07, 6.45) is 2.51. The SMILES string of the molecule is Nc1nc(CCCc2ccccc2)[nH]c(=O)c1N. The van der Waals surface area contributed by atoms with E-state index in [-0.39, 0.29) is 17.1 Å². The number of nitrogen functional groups attached to an aromatic ring is 2. The average Bonchev–Trinajstić information content (AvgIpc) is 2.37. The predicted octanol–water partition coefficient (Wildman–Crippen LogP) is 1.11. The van der Waals surface area contributed by atoms with Crippen molar-refractivity contribution in [2.24, 2.45) is 0 Å². The van der Waals surface area contributed by atoms with Gasteiger partial charge < -0.3 is 16.5 Å². The summed E-state index contributed by atoms with van der Waals surface area (Å²) in [7, 11) is 0. The molecule has 0 saturated carbocycles. The van der Waals surface area contributed by atoms with Crippen LogP contribution in [0.2, 0.25) is 0 Å². The fraction of sp³-hybridized carbons (Fsp3) is 0.231. The Labute approximate surface area is 105 Å². The lowest BCUT2D eigenvalue weighted by atomic mass is 10.1. The number of hydrogen-bond donors (Lipinski definition) is 3. The Hall–Kier alpha value is -2.30. The molecule has 0 fully saturated rings. The molecular formula is C13H16N4O. The zero-order valence-electron chi connectivity index (χ0n) is 10.0. The van der Waals surface area contributed by atoms with Crippen LogP contribution in [0.25, 0.3) is 0 Å². The first-order valence-electron chi connectivity index (χ1n) is 5.85. The van der Waals surface area contributed by atoms with Crippen molar-refractivity contribution in [1.29, 1.82) is 0 Å². The van der Waals surface area contributed by atoms with Crippen molar-refractivity contribution in [3.05, 3.63) is 52.1 Å². The average molecular weight is 244 g/mol. The summed E-state index contributed by atoms with van der Waals surface area (Å²) in [5.41, 5.74) is 11.9. The molecule has 0 bridgehead atoms. The zero-order chi connectivity index (χ0) is 13.0. The molecule has 0 aliphatic rings. The maximum Gasteiger partial charge on any atom is 0.276 e. The maximum absolute atomic E-state index is 11.4. The first kappa shape index (κ1) is 12.2. The summed E-state index contributed by atoms with van der Waals surface area (Å²) in [6.45, 7) is 0. The van der Waals surface area contributed by atoms with Crippen molar-refractivity contribution in [3.63, 3.8) is 0 Å². The minimum atomic E-state index is -0.364. The van der Waals surface area contributed by atoms with Gasteiger partial charge in [-0.2, -0.15) is 0 Å². The Morgan fingerprint density at radius 3 is 2.50 bits per heavy atom.